The molecule has 0 N–H and O–H groups in total. The quantitative estimate of drug-likeness (QED) is 0.105. The van der Waals surface area contributed by atoms with Gasteiger partial charge in [0.2, 0.25) is 0 Å². The van der Waals surface area contributed by atoms with Crippen molar-refractivity contribution in [3.8, 4) is 27.7 Å². The molecule has 2 aliphatic heterocycles. The summed E-state index contributed by atoms with van der Waals surface area (Å²) >= 11 is 1.79. The number of fused-ring (bicyclic) bond motifs is 1. The standard InChI is InChI=1S/C45H52N2O6S/c1-45(2,3)53-44(48)40-11-8-20-47(40)23-26-51-36-16-14-34(15-17-36)43-39(27-33-12-13-35(41(28-33)49-4)30-46-21-24-50-25-22-46)38-19-18-37(29-42(38)54-43)52-31-32-9-6-5-7-10-32/h5-7,9-10,12-19,28-29,40H,8,11,20-27,30-31H2,1-4H3. The average Bonchev–Trinajstić information content (AvgIpc) is 3.80. The molecule has 0 bridgehead atoms. The zero-order valence-electron chi connectivity index (χ0n) is 32.0. The molecule has 0 aliphatic carbocycles. The lowest BCUT2D eigenvalue weighted by Gasteiger charge is -2.27. The Morgan fingerprint density at radius 2 is 1.65 bits per heavy atom. The van der Waals surface area contributed by atoms with Gasteiger partial charge in [-0.2, -0.15) is 0 Å². The van der Waals surface area contributed by atoms with Crippen molar-refractivity contribution in [3.63, 3.8) is 0 Å². The third kappa shape index (κ3) is 9.63. The number of hydrogen-bond acceptors (Lipinski definition) is 9. The van der Waals surface area contributed by atoms with Gasteiger partial charge in [-0.25, -0.2) is 0 Å². The molecular weight excluding hydrogens is 697 g/mol. The minimum atomic E-state index is -0.489. The first-order valence-electron chi connectivity index (χ1n) is 19.1. The summed E-state index contributed by atoms with van der Waals surface area (Å²) in [6.45, 7) is 12.6. The van der Waals surface area contributed by atoms with Crippen LogP contribution in [0.5, 0.6) is 17.2 Å². The van der Waals surface area contributed by atoms with Gasteiger partial charge in [0.1, 0.15) is 42.1 Å². The van der Waals surface area contributed by atoms with Crippen LogP contribution in [0.25, 0.3) is 20.5 Å². The molecule has 54 heavy (non-hydrogen) atoms. The van der Waals surface area contributed by atoms with Crippen LogP contribution in [0.15, 0.2) is 91.0 Å². The van der Waals surface area contributed by atoms with Crippen molar-refractivity contribution in [2.24, 2.45) is 0 Å². The number of benzene rings is 4. The lowest BCUT2D eigenvalue weighted by molar-refractivity contribution is -0.160. The van der Waals surface area contributed by atoms with Crippen molar-refractivity contribution in [3.05, 3.63) is 113 Å². The van der Waals surface area contributed by atoms with Crippen LogP contribution in [0, 0.1) is 0 Å². The maximum absolute atomic E-state index is 12.8. The monoisotopic (exact) mass is 748 g/mol. The number of nitrogens with zero attached hydrogens (tertiary/aromatic N) is 2. The van der Waals surface area contributed by atoms with Gasteiger partial charge in [0.25, 0.3) is 0 Å². The summed E-state index contributed by atoms with van der Waals surface area (Å²) in [5.41, 5.74) is 5.47. The SMILES string of the molecule is COc1cc(Cc2c(-c3ccc(OCCN4CCCC4C(=O)OC(C)(C)C)cc3)sc3cc(OCc4ccccc4)ccc23)ccc1CN1CCOCC1. The number of hydrogen-bond donors (Lipinski definition) is 0. The van der Waals surface area contributed by atoms with Crippen molar-refractivity contribution >= 4 is 27.4 Å². The van der Waals surface area contributed by atoms with Gasteiger partial charge < -0.3 is 23.7 Å². The van der Waals surface area contributed by atoms with Crippen molar-refractivity contribution < 1.29 is 28.5 Å². The molecule has 1 unspecified atom stereocenters. The third-order valence-electron chi connectivity index (χ3n) is 10.0. The summed E-state index contributed by atoms with van der Waals surface area (Å²) in [6, 6.07) is 31.6. The van der Waals surface area contributed by atoms with Gasteiger partial charge in [-0.3, -0.25) is 14.6 Å². The highest BCUT2D eigenvalue weighted by Gasteiger charge is 2.34. The number of thiophene rings is 1. The van der Waals surface area contributed by atoms with Crippen LogP contribution in [-0.4, -0.2) is 80.5 Å². The topological polar surface area (TPSA) is 69.7 Å². The molecule has 0 radical (unpaired) electrons. The van der Waals surface area contributed by atoms with Crippen LogP contribution in [0.2, 0.25) is 0 Å². The fraction of sp³-hybridized carbons (Fsp3) is 0.400. The predicted molar refractivity (Wildman–Crippen MR) is 216 cm³/mol. The summed E-state index contributed by atoms with van der Waals surface area (Å²) < 4.78 is 30.8. The average molecular weight is 749 g/mol. The van der Waals surface area contributed by atoms with Crippen LogP contribution in [-0.2, 0) is 33.8 Å². The second-order valence-corrected chi connectivity index (χ2v) is 16.2. The van der Waals surface area contributed by atoms with Crippen LogP contribution in [0.3, 0.4) is 0 Å². The Kier molecular flexibility index (Phi) is 12.2. The second kappa shape index (κ2) is 17.4. The largest absolute Gasteiger partial charge is 0.496 e. The van der Waals surface area contributed by atoms with E-state index in [4.69, 9.17) is 23.7 Å². The van der Waals surface area contributed by atoms with E-state index in [0.29, 0.717) is 19.8 Å². The summed E-state index contributed by atoms with van der Waals surface area (Å²) in [5.74, 6) is 2.45. The molecule has 2 aliphatic rings. The Bertz CT molecular complexity index is 2000. The van der Waals surface area contributed by atoms with E-state index in [1.165, 1.54) is 31.7 Å². The lowest BCUT2D eigenvalue weighted by Crippen LogP contribution is -2.42. The first-order valence-corrected chi connectivity index (χ1v) is 19.9. The fourth-order valence-corrected chi connectivity index (χ4v) is 8.57. The molecule has 1 aromatic heterocycles. The minimum absolute atomic E-state index is 0.138. The number of esters is 1. The molecule has 1 atom stereocenters. The van der Waals surface area contributed by atoms with Crippen LogP contribution < -0.4 is 14.2 Å². The molecule has 4 aromatic carbocycles. The molecular formula is C45H52N2O6S. The van der Waals surface area contributed by atoms with Crippen LogP contribution >= 0.6 is 11.3 Å². The maximum Gasteiger partial charge on any atom is 0.323 e. The molecule has 2 saturated heterocycles. The normalized spacial score (nSPS) is 16.8. The van der Waals surface area contributed by atoms with Gasteiger partial charge in [0.05, 0.1) is 20.3 Å². The molecule has 3 heterocycles. The number of ether oxygens (including phenoxy) is 5. The number of methoxy groups -OCH3 is 1. The maximum atomic E-state index is 12.8. The molecule has 5 aromatic rings. The number of likely N-dealkylation sites (tertiary alicyclic amines) is 1. The highest BCUT2D eigenvalue weighted by molar-refractivity contribution is 7.22. The summed E-state index contributed by atoms with van der Waals surface area (Å²) in [6.07, 6.45) is 2.58. The van der Waals surface area contributed by atoms with Gasteiger partial charge in [-0.1, -0.05) is 42.5 Å². The van der Waals surface area contributed by atoms with Crippen molar-refractivity contribution in [2.45, 2.75) is 64.8 Å². The Balaban J connectivity index is 1.09. The molecule has 0 saturated carbocycles. The Hall–Kier alpha value is -4.41. The lowest BCUT2D eigenvalue weighted by atomic mass is 9.97. The molecule has 284 valence electrons. The van der Waals surface area contributed by atoms with E-state index in [0.717, 1.165) is 87.0 Å². The number of rotatable bonds is 14. The van der Waals surface area contributed by atoms with Gasteiger partial charge >= 0.3 is 5.97 Å². The molecule has 0 spiro atoms. The first-order chi connectivity index (χ1) is 26.2. The van der Waals surface area contributed by atoms with Gasteiger partial charge in [0.15, 0.2) is 0 Å². The summed E-state index contributed by atoms with van der Waals surface area (Å²) in [7, 11) is 1.76. The van der Waals surface area contributed by atoms with E-state index in [1.807, 2.05) is 39.0 Å². The van der Waals surface area contributed by atoms with Crippen molar-refractivity contribution in [2.75, 3.05) is 53.1 Å². The minimum Gasteiger partial charge on any atom is -0.496 e. The van der Waals surface area contributed by atoms with E-state index in [9.17, 15) is 4.79 Å². The molecule has 8 nitrogen and oxygen atoms in total. The van der Waals surface area contributed by atoms with Gasteiger partial charge in [-0.15, -0.1) is 11.3 Å². The van der Waals surface area contributed by atoms with Crippen LogP contribution in [0.1, 0.15) is 55.9 Å². The Labute approximate surface area is 323 Å². The Morgan fingerprint density at radius 3 is 2.41 bits per heavy atom. The molecule has 9 heteroatoms. The fourth-order valence-electron chi connectivity index (χ4n) is 7.32. The Morgan fingerprint density at radius 1 is 0.870 bits per heavy atom. The second-order valence-electron chi connectivity index (χ2n) is 15.2. The molecule has 7 rings (SSSR count). The van der Waals surface area contributed by atoms with Gasteiger partial charge in [0, 0.05) is 41.3 Å². The number of carbonyl (C=O) groups is 1. The van der Waals surface area contributed by atoms with Crippen molar-refractivity contribution in [1.29, 1.82) is 0 Å². The zero-order valence-corrected chi connectivity index (χ0v) is 32.8. The van der Waals surface area contributed by atoms with E-state index in [-0.39, 0.29) is 12.0 Å². The van der Waals surface area contributed by atoms with Crippen LogP contribution in [0.4, 0.5) is 0 Å². The summed E-state index contributed by atoms with van der Waals surface area (Å²) in [4.78, 5) is 18.6. The van der Waals surface area contributed by atoms with E-state index < -0.39 is 5.60 Å². The predicted octanol–water partition coefficient (Wildman–Crippen LogP) is 8.76. The highest BCUT2D eigenvalue weighted by atomic mass is 32.1. The zero-order chi connectivity index (χ0) is 37.5. The summed E-state index contributed by atoms with van der Waals surface area (Å²) in [5, 5.41) is 1.23. The highest BCUT2D eigenvalue weighted by Crippen LogP contribution is 2.42. The van der Waals surface area contributed by atoms with E-state index in [2.05, 4.69) is 82.6 Å². The van der Waals surface area contributed by atoms with E-state index in [1.54, 1.807) is 18.4 Å². The first kappa shape index (κ1) is 37.9. The molecule has 2 fully saturated rings. The smallest absolute Gasteiger partial charge is 0.323 e. The number of carbonyl (C=O) groups excluding carboxylic acids is 1. The molecule has 0 amide bonds. The van der Waals surface area contributed by atoms with Crippen molar-refractivity contribution in [1.82, 2.24) is 9.80 Å². The third-order valence-corrected chi connectivity index (χ3v) is 11.3. The van der Waals surface area contributed by atoms with Gasteiger partial charge in [-0.05, 0) is 123 Å². The van der Waals surface area contributed by atoms with E-state index >= 15 is 0 Å². The number of morpholine rings is 1.